The third-order valence-corrected chi connectivity index (χ3v) is 3.93. The Labute approximate surface area is 103 Å². The second kappa shape index (κ2) is 6.36. The Kier molecular flexibility index (Phi) is 4.80. The SMILES string of the molecule is O=C(O)C[C@H]1CC[C@H](OC2CCNCC2)CC1. The summed E-state index contributed by atoms with van der Waals surface area (Å²) in [6.07, 6.45) is 7.50. The molecular formula is C13H23NO3. The first kappa shape index (κ1) is 12.8. The molecule has 0 aromatic rings. The number of hydrogen-bond acceptors (Lipinski definition) is 3. The molecule has 0 amide bonds. The summed E-state index contributed by atoms with van der Waals surface area (Å²) in [5, 5.41) is 12.1. The van der Waals surface area contributed by atoms with Crippen molar-refractivity contribution in [3.63, 3.8) is 0 Å². The van der Waals surface area contributed by atoms with Gasteiger partial charge in [-0.25, -0.2) is 0 Å². The van der Waals surface area contributed by atoms with E-state index in [1.165, 1.54) is 0 Å². The van der Waals surface area contributed by atoms with Crippen molar-refractivity contribution >= 4 is 5.97 Å². The van der Waals surface area contributed by atoms with E-state index < -0.39 is 5.97 Å². The summed E-state index contributed by atoms with van der Waals surface area (Å²) >= 11 is 0. The fourth-order valence-corrected chi connectivity index (χ4v) is 2.92. The monoisotopic (exact) mass is 241 g/mol. The molecule has 4 nitrogen and oxygen atoms in total. The van der Waals surface area contributed by atoms with Gasteiger partial charge in [0.05, 0.1) is 12.2 Å². The molecule has 0 bridgehead atoms. The van der Waals surface area contributed by atoms with Crippen LogP contribution >= 0.6 is 0 Å². The second-order valence-corrected chi connectivity index (χ2v) is 5.33. The van der Waals surface area contributed by atoms with Gasteiger partial charge in [0, 0.05) is 6.42 Å². The summed E-state index contributed by atoms with van der Waals surface area (Å²) in [5.41, 5.74) is 0. The largest absolute Gasteiger partial charge is 0.481 e. The van der Waals surface area contributed by atoms with E-state index in [0.29, 0.717) is 24.5 Å². The minimum atomic E-state index is -0.660. The minimum absolute atomic E-state index is 0.333. The van der Waals surface area contributed by atoms with Gasteiger partial charge in [-0.15, -0.1) is 0 Å². The van der Waals surface area contributed by atoms with Crippen LogP contribution in [0, 0.1) is 5.92 Å². The number of aliphatic carboxylic acids is 1. The fourth-order valence-electron chi connectivity index (χ4n) is 2.92. The highest BCUT2D eigenvalue weighted by molar-refractivity contribution is 5.67. The van der Waals surface area contributed by atoms with Crippen LogP contribution in [0.25, 0.3) is 0 Å². The molecule has 0 aromatic carbocycles. The maximum absolute atomic E-state index is 10.6. The van der Waals surface area contributed by atoms with Crippen LogP contribution in [0.2, 0.25) is 0 Å². The van der Waals surface area contributed by atoms with Gasteiger partial charge in [-0.2, -0.15) is 0 Å². The van der Waals surface area contributed by atoms with E-state index in [9.17, 15) is 4.79 Å². The van der Waals surface area contributed by atoms with Crippen molar-refractivity contribution in [3.8, 4) is 0 Å². The molecule has 1 aliphatic carbocycles. The lowest BCUT2D eigenvalue weighted by Crippen LogP contribution is -2.36. The van der Waals surface area contributed by atoms with Crippen molar-refractivity contribution in [3.05, 3.63) is 0 Å². The molecule has 1 saturated heterocycles. The van der Waals surface area contributed by atoms with Gasteiger partial charge in [0.25, 0.3) is 0 Å². The van der Waals surface area contributed by atoms with Gasteiger partial charge in [0.1, 0.15) is 0 Å². The van der Waals surface area contributed by atoms with Crippen LogP contribution in [-0.2, 0) is 9.53 Å². The zero-order valence-corrected chi connectivity index (χ0v) is 10.4. The van der Waals surface area contributed by atoms with Gasteiger partial charge in [-0.3, -0.25) is 4.79 Å². The highest BCUT2D eigenvalue weighted by Gasteiger charge is 2.26. The first-order valence-electron chi connectivity index (χ1n) is 6.82. The normalized spacial score (nSPS) is 31.3. The quantitative estimate of drug-likeness (QED) is 0.788. The second-order valence-electron chi connectivity index (χ2n) is 5.33. The minimum Gasteiger partial charge on any atom is -0.481 e. The molecule has 0 radical (unpaired) electrons. The molecule has 0 unspecified atom stereocenters. The Morgan fingerprint density at radius 2 is 1.65 bits per heavy atom. The molecule has 1 aliphatic heterocycles. The van der Waals surface area contributed by atoms with Gasteiger partial charge < -0.3 is 15.2 Å². The van der Waals surface area contributed by atoms with Gasteiger partial charge in [-0.1, -0.05) is 0 Å². The molecule has 17 heavy (non-hydrogen) atoms. The standard InChI is InChI=1S/C13H23NO3/c15-13(16)9-10-1-3-11(4-2-10)17-12-5-7-14-8-6-12/h10-12,14H,1-9H2,(H,15,16)/t10-,11-. The van der Waals surface area contributed by atoms with Crippen molar-refractivity contribution in [2.75, 3.05) is 13.1 Å². The first-order chi connectivity index (χ1) is 8.24. The fraction of sp³-hybridized carbons (Fsp3) is 0.923. The number of carbonyl (C=O) groups is 1. The van der Waals surface area contributed by atoms with Crippen molar-refractivity contribution in [2.45, 2.75) is 57.2 Å². The Hall–Kier alpha value is -0.610. The average Bonchev–Trinajstić information content (AvgIpc) is 2.32. The molecule has 1 saturated carbocycles. The summed E-state index contributed by atoms with van der Waals surface area (Å²) in [6, 6.07) is 0. The Morgan fingerprint density at radius 1 is 1.06 bits per heavy atom. The maximum atomic E-state index is 10.6. The summed E-state index contributed by atoms with van der Waals surface area (Å²) < 4.78 is 6.10. The van der Waals surface area contributed by atoms with Crippen LogP contribution in [0.3, 0.4) is 0 Å². The predicted octanol–water partition coefficient (Wildman–Crippen LogP) is 1.79. The van der Waals surface area contributed by atoms with Crippen molar-refractivity contribution in [1.29, 1.82) is 0 Å². The summed E-state index contributed by atoms with van der Waals surface area (Å²) in [4.78, 5) is 10.6. The smallest absolute Gasteiger partial charge is 0.303 e. The molecule has 0 spiro atoms. The number of hydrogen-bond donors (Lipinski definition) is 2. The van der Waals surface area contributed by atoms with E-state index in [2.05, 4.69) is 5.32 Å². The summed E-state index contributed by atoms with van der Waals surface area (Å²) in [5.74, 6) is -0.284. The lowest BCUT2D eigenvalue weighted by atomic mass is 9.85. The van der Waals surface area contributed by atoms with Crippen LogP contribution in [0.1, 0.15) is 44.9 Å². The molecule has 0 aromatic heterocycles. The van der Waals surface area contributed by atoms with Crippen LogP contribution in [0.4, 0.5) is 0 Å². The summed E-state index contributed by atoms with van der Waals surface area (Å²) in [6.45, 7) is 2.14. The molecule has 2 aliphatic rings. The van der Waals surface area contributed by atoms with Gasteiger partial charge in [0.2, 0.25) is 0 Å². The Morgan fingerprint density at radius 3 is 2.24 bits per heavy atom. The number of carboxylic acids is 1. The third kappa shape index (κ3) is 4.28. The first-order valence-corrected chi connectivity index (χ1v) is 6.82. The molecule has 2 fully saturated rings. The zero-order chi connectivity index (χ0) is 12.1. The zero-order valence-electron chi connectivity index (χ0n) is 10.4. The van der Waals surface area contributed by atoms with E-state index in [4.69, 9.17) is 9.84 Å². The molecule has 2 N–H and O–H groups in total. The maximum Gasteiger partial charge on any atom is 0.303 e. The van der Waals surface area contributed by atoms with E-state index in [-0.39, 0.29) is 0 Å². The predicted molar refractivity (Wildman–Crippen MR) is 65.0 cm³/mol. The lowest BCUT2D eigenvalue weighted by Gasteiger charge is -2.32. The van der Waals surface area contributed by atoms with E-state index in [1.54, 1.807) is 0 Å². The van der Waals surface area contributed by atoms with E-state index >= 15 is 0 Å². The number of ether oxygens (including phenoxy) is 1. The number of nitrogens with one attached hydrogen (secondary N) is 1. The van der Waals surface area contributed by atoms with Crippen molar-refractivity contribution in [1.82, 2.24) is 5.32 Å². The van der Waals surface area contributed by atoms with Gasteiger partial charge in [-0.05, 0) is 57.5 Å². The van der Waals surface area contributed by atoms with Crippen molar-refractivity contribution < 1.29 is 14.6 Å². The van der Waals surface area contributed by atoms with Crippen LogP contribution in [0.15, 0.2) is 0 Å². The number of carboxylic acid groups (broad SMARTS) is 1. The molecule has 98 valence electrons. The number of piperidine rings is 1. The van der Waals surface area contributed by atoms with Crippen LogP contribution in [-0.4, -0.2) is 36.4 Å². The van der Waals surface area contributed by atoms with Gasteiger partial charge >= 0.3 is 5.97 Å². The molecule has 4 heteroatoms. The number of rotatable bonds is 4. The van der Waals surface area contributed by atoms with Crippen LogP contribution < -0.4 is 5.32 Å². The van der Waals surface area contributed by atoms with Crippen LogP contribution in [0.5, 0.6) is 0 Å². The Bertz CT molecular complexity index is 243. The van der Waals surface area contributed by atoms with E-state index in [0.717, 1.165) is 51.6 Å². The average molecular weight is 241 g/mol. The highest BCUT2D eigenvalue weighted by Crippen LogP contribution is 2.29. The van der Waals surface area contributed by atoms with Crippen molar-refractivity contribution in [2.24, 2.45) is 5.92 Å². The van der Waals surface area contributed by atoms with Gasteiger partial charge in [0.15, 0.2) is 0 Å². The third-order valence-electron chi connectivity index (χ3n) is 3.93. The molecule has 2 rings (SSSR count). The Balaban J connectivity index is 1.66. The molecular weight excluding hydrogens is 218 g/mol. The molecule has 1 heterocycles. The topological polar surface area (TPSA) is 58.6 Å². The molecule has 0 atom stereocenters. The highest BCUT2D eigenvalue weighted by atomic mass is 16.5. The van der Waals surface area contributed by atoms with E-state index in [1.807, 2.05) is 0 Å². The summed E-state index contributed by atoms with van der Waals surface area (Å²) in [7, 11) is 0. The lowest BCUT2D eigenvalue weighted by molar-refractivity contribution is -0.138.